The van der Waals surface area contributed by atoms with Crippen LogP contribution in [0.5, 0.6) is 0 Å². The molecular formula is C9H14N2S2. The summed E-state index contributed by atoms with van der Waals surface area (Å²) >= 11 is 3.72. The van der Waals surface area contributed by atoms with Gasteiger partial charge in [0.05, 0.1) is 5.69 Å². The van der Waals surface area contributed by atoms with Gasteiger partial charge in [0.15, 0.2) is 0 Å². The van der Waals surface area contributed by atoms with E-state index in [2.05, 4.69) is 22.6 Å². The molecule has 1 aromatic heterocycles. The van der Waals surface area contributed by atoms with Crippen molar-refractivity contribution in [2.45, 2.75) is 29.4 Å². The zero-order valence-corrected chi connectivity index (χ0v) is 9.38. The fraction of sp³-hybridized carbons (Fsp3) is 0.667. The van der Waals surface area contributed by atoms with E-state index in [1.165, 1.54) is 23.0 Å². The first kappa shape index (κ1) is 9.49. The summed E-state index contributed by atoms with van der Waals surface area (Å²) in [4.78, 5) is 4.55. The minimum atomic E-state index is 0.746. The van der Waals surface area contributed by atoms with E-state index in [1.54, 1.807) is 11.3 Å². The smallest absolute Gasteiger partial charge is 0.150 e. The van der Waals surface area contributed by atoms with Crippen LogP contribution in [0.4, 0.5) is 0 Å². The second-order valence-electron chi connectivity index (χ2n) is 3.19. The lowest BCUT2D eigenvalue weighted by Crippen LogP contribution is -2.09. The van der Waals surface area contributed by atoms with Crippen LogP contribution in [0.15, 0.2) is 9.72 Å². The Bertz CT molecular complexity index is 266. The molecule has 1 unspecified atom stereocenters. The van der Waals surface area contributed by atoms with Gasteiger partial charge in [0, 0.05) is 17.2 Å². The number of hydrogen-bond donors (Lipinski definition) is 1. The SMILES string of the molecule is CCc1csc(SC2CCNC2)n1. The van der Waals surface area contributed by atoms with Gasteiger partial charge < -0.3 is 5.32 Å². The van der Waals surface area contributed by atoms with Crippen LogP contribution in [-0.2, 0) is 6.42 Å². The van der Waals surface area contributed by atoms with Crippen molar-refractivity contribution in [3.05, 3.63) is 11.1 Å². The predicted molar refractivity (Wildman–Crippen MR) is 58.6 cm³/mol. The molecule has 72 valence electrons. The highest BCUT2D eigenvalue weighted by Gasteiger charge is 2.16. The van der Waals surface area contributed by atoms with Crippen molar-refractivity contribution in [3.8, 4) is 0 Å². The van der Waals surface area contributed by atoms with Crippen LogP contribution in [0.1, 0.15) is 19.0 Å². The Kier molecular flexibility index (Phi) is 3.24. The molecule has 1 atom stereocenters. The molecule has 1 aliphatic rings. The molecule has 0 bridgehead atoms. The Hall–Kier alpha value is -0.0600. The van der Waals surface area contributed by atoms with Gasteiger partial charge in [-0.05, 0) is 19.4 Å². The fourth-order valence-electron chi connectivity index (χ4n) is 1.38. The van der Waals surface area contributed by atoms with E-state index in [1.807, 2.05) is 11.8 Å². The van der Waals surface area contributed by atoms with Gasteiger partial charge in [-0.2, -0.15) is 0 Å². The van der Waals surface area contributed by atoms with Gasteiger partial charge >= 0.3 is 0 Å². The molecule has 0 aromatic carbocycles. The standard InChI is InChI=1S/C9H14N2S2/c1-2-7-6-12-9(11-7)13-8-3-4-10-5-8/h6,8,10H,2-5H2,1H3. The molecule has 0 spiro atoms. The minimum Gasteiger partial charge on any atom is -0.316 e. The molecule has 13 heavy (non-hydrogen) atoms. The van der Waals surface area contributed by atoms with Crippen LogP contribution in [0.3, 0.4) is 0 Å². The summed E-state index contributed by atoms with van der Waals surface area (Å²) in [7, 11) is 0. The Labute approximate surface area is 87.1 Å². The van der Waals surface area contributed by atoms with E-state index in [-0.39, 0.29) is 0 Å². The number of aryl methyl sites for hydroxylation is 1. The van der Waals surface area contributed by atoms with Gasteiger partial charge in [0.1, 0.15) is 4.34 Å². The van der Waals surface area contributed by atoms with Gasteiger partial charge in [-0.3, -0.25) is 0 Å². The summed E-state index contributed by atoms with van der Waals surface area (Å²) in [6, 6.07) is 0. The van der Waals surface area contributed by atoms with Crippen LogP contribution in [0.25, 0.3) is 0 Å². The van der Waals surface area contributed by atoms with Crippen LogP contribution in [-0.4, -0.2) is 23.3 Å². The molecular weight excluding hydrogens is 200 g/mol. The van der Waals surface area contributed by atoms with E-state index in [0.29, 0.717) is 0 Å². The molecule has 4 heteroatoms. The molecule has 2 rings (SSSR count). The Morgan fingerprint density at radius 1 is 1.77 bits per heavy atom. The summed E-state index contributed by atoms with van der Waals surface area (Å²) in [5.74, 6) is 0. The monoisotopic (exact) mass is 214 g/mol. The molecule has 2 heterocycles. The molecule has 1 saturated heterocycles. The summed E-state index contributed by atoms with van der Waals surface area (Å²) in [5.41, 5.74) is 1.23. The number of rotatable bonds is 3. The predicted octanol–water partition coefficient (Wildman–Crippen LogP) is 2.16. The number of nitrogens with one attached hydrogen (secondary N) is 1. The van der Waals surface area contributed by atoms with Gasteiger partial charge in [-0.25, -0.2) is 4.98 Å². The topological polar surface area (TPSA) is 24.9 Å². The van der Waals surface area contributed by atoms with Crippen molar-refractivity contribution < 1.29 is 0 Å². The van der Waals surface area contributed by atoms with E-state index >= 15 is 0 Å². The lowest BCUT2D eigenvalue weighted by molar-refractivity contribution is 0.858. The molecule has 1 aromatic rings. The largest absolute Gasteiger partial charge is 0.316 e. The number of aromatic nitrogens is 1. The van der Waals surface area contributed by atoms with Crippen LogP contribution >= 0.6 is 23.1 Å². The van der Waals surface area contributed by atoms with Crippen molar-refractivity contribution in [2.24, 2.45) is 0 Å². The first-order chi connectivity index (χ1) is 6.38. The first-order valence-corrected chi connectivity index (χ1v) is 6.46. The summed E-state index contributed by atoms with van der Waals surface area (Å²) < 4.78 is 1.24. The summed E-state index contributed by atoms with van der Waals surface area (Å²) in [6.07, 6.45) is 2.34. The lowest BCUT2D eigenvalue weighted by Gasteiger charge is -2.03. The minimum absolute atomic E-state index is 0.746. The lowest BCUT2D eigenvalue weighted by atomic mass is 10.4. The Balaban J connectivity index is 1.92. The maximum Gasteiger partial charge on any atom is 0.150 e. The third-order valence-electron chi connectivity index (χ3n) is 2.18. The van der Waals surface area contributed by atoms with Crippen molar-refractivity contribution in [3.63, 3.8) is 0 Å². The Morgan fingerprint density at radius 3 is 3.31 bits per heavy atom. The molecule has 0 amide bonds. The number of thiazole rings is 1. The van der Waals surface area contributed by atoms with E-state index in [0.717, 1.165) is 18.2 Å². The van der Waals surface area contributed by atoms with E-state index in [4.69, 9.17) is 0 Å². The van der Waals surface area contributed by atoms with Crippen molar-refractivity contribution in [2.75, 3.05) is 13.1 Å². The zero-order chi connectivity index (χ0) is 9.10. The van der Waals surface area contributed by atoms with Crippen LogP contribution in [0, 0.1) is 0 Å². The highest BCUT2D eigenvalue weighted by molar-refractivity contribution is 8.01. The molecule has 1 fully saturated rings. The van der Waals surface area contributed by atoms with Gasteiger partial charge in [0.2, 0.25) is 0 Å². The number of hydrogen-bond acceptors (Lipinski definition) is 4. The molecule has 0 saturated carbocycles. The molecule has 0 aliphatic carbocycles. The normalized spacial score (nSPS) is 22.4. The maximum atomic E-state index is 4.55. The third kappa shape index (κ3) is 2.45. The second kappa shape index (κ2) is 4.44. The maximum absolute atomic E-state index is 4.55. The average Bonchev–Trinajstić information content (AvgIpc) is 2.76. The fourth-order valence-corrected chi connectivity index (χ4v) is 3.67. The van der Waals surface area contributed by atoms with Crippen molar-refractivity contribution >= 4 is 23.1 Å². The van der Waals surface area contributed by atoms with Gasteiger partial charge in [-0.1, -0.05) is 18.7 Å². The molecule has 1 N–H and O–H groups in total. The van der Waals surface area contributed by atoms with E-state index in [9.17, 15) is 0 Å². The van der Waals surface area contributed by atoms with Crippen LogP contribution in [0.2, 0.25) is 0 Å². The average molecular weight is 214 g/mol. The Morgan fingerprint density at radius 2 is 2.69 bits per heavy atom. The van der Waals surface area contributed by atoms with Gasteiger partial charge in [0.25, 0.3) is 0 Å². The van der Waals surface area contributed by atoms with Crippen LogP contribution < -0.4 is 5.32 Å². The van der Waals surface area contributed by atoms with Crippen molar-refractivity contribution in [1.29, 1.82) is 0 Å². The zero-order valence-electron chi connectivity index (χ0n) is 7.75. The molecule has 1 aliphatic heterocycles. The van der Waals surface area contributed by atoms with Gasteiger partial charge in [-0.15, -0.1) is 11.3 Å². The van der Waals surface area contributed by atoms with E-state index < -0.39 is 0 Å². The summed E-state index contributed by atoms with van der Waals surface area (Å²) in [5, 5.41) is 6.29. The molecule has 2 nitrogen and oxygen atoms in total. The number of thioether (sulfide) groups is 1. The third-order valence-corrected chi connectivity index (χ3v) is 4.46. The second-order valence-corrected chi connectivity index (χ2v) is 5.60. The van der Waals surface area contributed by atoms with Crippen molar-refractivity contribution in [1.82, 2.24) is 10.3 Å². The molecule has 0 radical (unpaired) electrons. The highest BCUT2D eigenvalue weighted by Crippen LogP contribution is 2.29. The quantitative estimate of drug-likeness (QED) is 0.834. The summed E-state index contributed by atoms with van der Waals surface area (Å²) in [6.45, 7) is 4.47. The first-order valence-electron chi connectivity index (χ1n) is 4.70. The highest BCUT2D eigenvalue weighted by atomic mass is 32.2. The number of nitrogens with zero attached hydrogens (tertiary/aromatic N) is 1.